The third kappa shape index (κ3) is 4.98. The van der Waals surface area contributed by atoms with Crippen molar-refractivity contribution in [2.45, 2.75) is 58.5 Å². The molecule has 0 saturated heterocycles. The Hall–Kier alpha value is -2.91. The van der Waals surface area contributed by atoms with E-state index in [1.54, 1.807) is 31.5 Å². The highest BCUT2D eigenvalue weighted by Gasteiger charge is 2.38. The van der Waals surface area contributed by atoms with Crippen LogP contribution in [0, 0.1) is 6.92 Å². The maximum Gasteiger partial charge on any atom is 0.132 e. The summed E-state index contributed by atoms with van der Waals surface area (Å²) in [6.07, 6.45) is 2.12. The number of pyridine rings is 2. The first kappa shape index (κ1) is 21.8. The number of hydrogen-bond acceptors (Lipinski definition) is 7. The Morgan fingerprint density at radius 1 is 1.13 bits per heavy atom. The Balaban J connectivity index is 1.84. The molecule has 0 fully saturated rings. The van der Waals surface area contributed by atoms with Crippen molar-refractivity contribution >= 4 is 11.6 Å². The van der Waals surface area contributed by atoms with E-state index in [-0.39, 0.29) is 6.54 Å². The van der Waals surface area contributed by atoms with Crippen molar-refractivity contribution in [2.75, 3.05) is 5.32 Å². The fourth-order valence-electron chi connectivity index (χ4n) is 2.76. The van der Waals surface area contributed by atoms with Gasteiger partial charge in [0.1, 0.15) is 29.1 Å². The molecule has 9 heteroatoms. The van der Waals surface area contributed by atoms with E-state index in [4.69, 9.17) is 0 Å². The fraction of sp³-hybridized carbons (Fsp3) is 0.429. The molecular formula is C21H27FN6O2. The van der Waals surface area contributed by atoms with E-state index < -0.39 is 17.4 Å². The van der Waals surface area contributed by atoms with Crippen molar-refractivity contribution in [1.29, 1.82) is 0 Å². The van der Waals surface area contributed by atoms with Crippen molar-refractivity contribution in [3.05, 3.63) is 47.8 Å². The molecule has 0 aliphatic rings. The molecule has 3 N–H and O–H groups in total. The molecular weight excluding hydrogens is 387 g/mol. The molecule has 0 aliphatic carbocycles. The van der Waals surface area contributed by atoms with Crippen molar-refractivity contribution in [1.82, 2.24) is 25.0 Å². The van der Waals surface area contributed by atoms with Gasteiger partial charge in [0.05, 0.1) is 24.0 Å². The van der Waals surface area contributed by atoms with Crippen LogP contribution in [0.3, 0.4) is 0 Å². The summed E-state index contributed by atoms with van der Waals surface area (Å²) >= 11 is 0. The van der Waals surface area contributed by atoms with E-state index in [0.717, 1.165) is 5.56 Å². The van der Waals surface area contributed by atoms with Gasteiger partial charge in [0, 0.05) is 6.20 Å². The number of aromatic nitrogens is 5. The van der Waals surface area contributed by atoms with Crippen LogP contribution < -0.4 is 5.32 Å². The number of aliphatic hydroxyl groups is 2. The average molecular weight is 414 g/mol. The highest BCUT2D eigenvalue weighted by molar-refractivity contribution is 5.61. The predicted molar refractivity (Wildman–Crippen MR) is 112 cm³/mol. The van der Waals surface area contributed by atoms with Crippen LogP contribution in [0.5, 0.6) is 0 Å². The molecule has 160 valence electrons. The number of halogens is 1. The highest BCUT2D eigenvalue weighted by Crippen LogP contribution is 2.25. The summed E-state index contributed by atoms with van der Waals surface area (Å²) in [4.78, 5) is 8.77. The Morgan fingerprint density at radius 2 is 1.87 bits per heavy atom. The molecule has 1 unspecified atom stereocenters. The molecule has 2 atom stereocenters. The van der Waals surface area contributed by atoms with Crippen LogP contribution in [0.15, 0.2) is 36.7 Å². The molecule has 3 heterocycles. The van der Waals surface area contributed by atoms with E-state index in [9.17, 15) is 14.6 Å². The number of anilines is 2. The van der Waals surface area contributed by atoms with E-state index in [1.807, 2.05) is 19.1 Å². The first-order valence-electron chi connectivity index (χ1n) is 9.65. The Bertz CT molecular complexity index is 1030. The van der Waals surface area contributed by atoms with Gasteiger partial charge in [-0.2, -0.15) is 0 Å². The molecule has 3 rings (SSSR count). The standard InChI is InChI=1S/C21H27FN6O2/c1-13-8-16(17-11-28(27-26-17)12-21(5,30)20(3,4)29)24-19(9-13)25-18-10-15(14(2)22)6-7-23-18/h6-11,14,29-30H,12H2,1-5H3,(H,23,24,25)/t14?,21-/m0/s1. The SMILES string of the molecule is Cc1cc(Nc2cc(C(C)F)ccn2)nc(-c2cn(C[C@](C)(O)C(C)(C)O)nn2)c1. The van der Waals surface area contributed by atoms with Crippen molar-refractivity contribution in [3.8, 4) is 11.4 Å². The third-order valence-electron chi connectivity index (χ3n) is 5.06. The molecule has 8 nitrogen and oxygen atoms in total. The fourth-order valence-corrected chi connectivity index (χ4v) is 2.76. The smallest absolute Gasteiger partial charge is 0.132 e. The van der Waals surface area contributed by atoms with Gasteiger partial charge in [-0.25, -0.2) is 19.0 Å². The lowest BCUT2D eigenvalue weighted by atomic mass is 9.88. The minimum absolute atomic E-state index is 0.0680. The van der Waals surface area contributed by atoms with Gasteiger partial charge in [-0.15, -0.1) is 5.10 Å². The summed E-state index contributed by atoms with van der Waals surface area (Å²) in [5, 5.41) is 31.9. The van der Waals surface area contributed by atoms with E-state index in [2.05, 4.69) is 25.6 Å². The summed E-state index contributed by atoms with van der Waals surface area (Å²) in [5.74, 6) is 1.03. The molecule has 0 amide bonds. The van der Waals surface area contributed by atoms with Crippen LogP contribution in [0.25, 0.3) is 11.4 Å². The van der Waals surface area contributed by atoms with E-state index in [1.165, 1.54) is 25.5 Å². The first-order valence-corrected chi connectivity index (χ1v) is 9.65. The number of rotatable bonds is 7. The monoisotopic (exact) mass is 414 g/mol. The number of nitrogens with zero attached hydrogens (tertiary/aromatic N) is 5. The minimum Gasteiger partial charge on any atom is -0.387 e. The van der Waals surface area contributed by atoms with Crippen molar-refractivity contribution < 1.29 is 14.6 Å². The number of nitrogens with one attached hydrogen (secondary N) is 1. The average Bonchev–Trinajstić information content (AvgIpc) is 3.08. The molecule has 0 aliphatic heterocycles. The minimum atomic E-state index is -1.39. The zero-order chi connectivity index (χ0) is 22.1. The van der Waals surface area contributed by atoms with Gasteiger partial charge in [-0.1, -0.05) is 5.21 Å². The summed E-state index contributed by atoms with van der Waals surface area (Å²) in [7, 11) is 0. The van der Waals surface area contributed by atoms with Crippen LogP contribution >= 0.6 is 0 Å². The van der Waals surface area contributed by atoms with Crippen LogP contribution in [0.1, 0.15) is 45.0 Å². The largest absolute Gasteiger partial charge is 0.387 e. The maximum absolute atomic E-state index is 13.6. The lowest BCUT2D eigenvalue weighted by molar-refractivity contribution is -0.129. The second kappa shape index (κ2) is 8.08. The summed E-state index contributed by atoms with van der Waals surface area (Å²) in [5.41, 5.74) is -0.127. The van der Waals surface area contributed by atoms with E-state index >= 15 is 0 Å². The lowest BCUT2D eigenvalue weighted by Crippen LogP contribution is -2.50. The van der Waals surface area contributed by atoms with Gasteiger partial charge < -0.3 is 15.5 Å². The molecule has 0 radical (unpaired) electrons. The molecule has 0 aromatic carbocycles. The third-order valence-corrected chi connectivity index (χ3v) is 5.06. The van der Waals surface area contributed by atoms with Gasteiger partial charge in [0.15, 0.2) is 0 Å². The van der Waals surface area contributed by atoms with Crippen LogP contribution in [0.4, 0.5) is 16.0 Å². The maximum atomic E-state index is 13.6. The second-order valence-corrected chi connectivity index (χ2v) is 8.26. The quantitative estimate of drug-likeness (QED) is 0.544. The lowest BCUT2D eigenvalue weighted by Gasteiger charge is -2.35. The normalized spacial score (nSPS) is 14.9. The van der Waals surface area contributed by atoms with Crippen molar-refractivity contribution in [2.24, 2.45) is 0 Å². The summed E-state index contributed by atoms with van der Waals surface area (Å²) in [6.45, 7) is 8.09. The van der Waals surface area contributed by atoms with Crippen molar-refractivity contribution in [3.63, 3.8) is 0 Å². The van der Waals surface area contributed by atoms with Gasteiger partial charge in [-0.05, 0) is 70.0 Å². The number of alkyl halides is 1. The van der Waals surface area contributed by atoms with Crippen LogP contribution in [0.2, 0.25) is 0 Å². The van der Waals surface area contributed by atoms with Gasteiger partial charge in [0.25, 0.3) is 0 Å². The Kier molecular flexibility index (Phi) is 5.87. The zero-order valence-corrected chi connectivity index (χ0v) is 17.8. The Labute approximate surface area is 174 Å². The van der Waals surface area contributed by atoms with E-state index in [0.29, 0.717) is 28.6 Å². The van der Waals surface area contributed by atoms with Gasteiger partial charge in [0.2, 0.25) is 0 Å². The molecule has 3 aromatic rings. The van der Waals surface area contributed by atoms with Crippen LogP contribution in [-0.2, 0) is 6.54 Å². The number of aryl methyl sites for hydroxylation is 1. The Morgan fingerprint density at radius 3 is 2.53 bits per heavy atom. The summed E-state index contributed by atoms with van der Waals surface area (Å²) in [6, 6.07) is 6.98. The summed E-state index contributed by atoms with van der Waals surface area (Å²) < 4.78 is 15.0. The number of hydrogen-bond donors (Lipinski definition) is 3. The molecule has 0 spiro atoms. The molecule has 3 aromatic heterocycles. The second-order valence-electron chi connectivity index (χ2n) is 8.26. The van der Waals surface area contributed by atoms with Gasteiger partial charge >= 0.3 is 0 Å². The molecule has 30 heavy (non-hydrogen) atoms. The first-order chi connectivity index (χ1) is 13.9. The highest BCUT2D eigenvalue weighted by atomic mass is 19.1. The molecule has 0 bridgehead atoms. The predicted octanol–water partition coefficient (Wildman–Crippen LogP) is 3.34. The van der Waals surface area contributed by atoms with Crippen LogP contribution in [-0.4, -0.2) is 46.4 Å². The van der Waals surface area contributed by atoms with Gasteiger partial charge in [-0.3, -0.25) is 0 Å². The topological polar surface area (TPSA) is 109 Å². The molecule has 0 saturated carbocycles. The zero-order valence-electron chi connectivity index (χ0n) is 17.8.